The molecule has 9 heteroatoms. The third-order valence-corrected chi connectivity index (χ3v) is 6.61. The van der Waals surface area contributed by atoms with E-state index in [1.54, 1.807) is 19.1 Å². The van der Waals surface area contributed by atoms with Crippen LogP contribution in [0.25, 0.3) is 0 Å². The molecule has 3 aliphatic rings. The minimum atomic E-state index is -0.331. The molecule has 2 aromatic rings. The van der Waals surface area contributed by atoms with E-state index in [4.69, 9.17) is 14.2 Å². The number of ether oxygens (including phenoxy) is 3. The maximum Gasteiger partial charge on any atom is 0.310 e. The maximum atomic E-state index is 13.5. The average molecular weight is 482 g/mol. The van der Waals surface area contributed by atoms with Gasteiger partial charge in [0.2, 0.25) is 6.79 Å². The number of hydrogen-bond acceptors (Lipinski definition) is 7. The van der Waals surface area contributed by atoms with Gasteiger partial charge in [0.15, 0.2) is 11.5 Å². The molecule has 35 heavy (non-hydrogen) atoms. The van der Waals surface area contributed by atoms with Crippen molar-refractivity contribution in [3.05, 3.63) is 59.4 Å². The second-order valence-corrected chi connectivity index (χ2v) is 8.95. The molecule has 2 aromatic carbocycles. The van der Waals surface area contributed by atoms with Crippen LogP contribution < -0.4 is 9.47 Å². The Labute approximate surface area is 203 Å². The topological polar surface area (TPSA) is 80.7 Å². The number of likely N-dealkylation sites (tertiary alicyclic amines) is 1. The molecular formula is C26H28FN3O5. The van der Waals surface area contributed by atoms with Gasteiger partial charge in [0, 0.05) is 13.0 Å². The van der Waals surface area contributed by atoms with Gasteiger partial charge >= 0.3 is 5.97 Å². The highest BCUT2D eigenvalue weighted by Gasteiger charge is 2.36. The van der Waals surface area contributed by atoms with Crippen molar-refractivity contribution in [3.63, 3.8) is 0 Å². The van der Waals surface area contributed by atoms with E-state index in [0.29, 0.717) is 36.8 Å². The largest absolute Gasteiger partial charge is 0.466 e. The summed E-state index contributed by atoms with van der Waals surface area (Å²) in [7, 11) is 0. The number of benzene rings is 2. The van der Waals surface area contributed by atoms with Crippen LogP contribution >= 0.6 is 0 Å². The molecule has 0 radical (unpaired) electrons. The number of nitrogens with zero attached hydrogens (tertiary/aromatic N) is 3. The predicted molar refractivity (Wildman–Crippen MR) is 126 cm³/mol. The summed E-state index contributed by atoms with van der Waals surface area (Å²) in [6.45, 7) is 3.68. The lowest BCUT2D eigenvalue weighted by Gasteiger charge is -2.32. The minimum Gasteiger partial charge on any atom is -0.466 e. The number of carbonyl (C=O) groups excluding carboxylic acids is 2. The van der Waals surface area contributed by atoms with Crippen LogP contribution in [0, 0.1) is 11.7 Å². The Morgan fingerprint density at radius 2 is 1.94 bits per heavy atom. The van der Waals surface area contributed by atoms with Crippen LogP contribution in [0.4, 0.5) is 4.39 Å². The first-order valence-electron chi connectivity index (χ1n) is 12.0. The maximum absolute atomic E-state index is 13.5. The van der Waals surface area contributed by atoms with Crippen LogP contribution in [0.5, 0.6) is 11.5 Å². The highest BCUT2D eigenvalue weighted by Crippen LogP contribution is 2.39. The molecule has 3 aliphatic heterocycles. The Bertz CT molecular complexity index is 1140. The van der Waals surface area contributed by atoms with Crippen molar-refractivity contribution >= 4 is 17.6 Å². The number of hydrazone groups is 1. The lowest BCUT2D eigenvalue weighted by Crippen LogP contribution is -2.44. The van der Waals surface area contributed by atoms with Gasteiger partial charge in [0.05, 0.1) is 30.8 Å². The minimum absolute atomic E-state index is 0.150. The van der Waals surface area contributed by atoms with Gasteiger partial charge in [-0.3, -0.25) is 14.5 Å². The Morgan fingerprint density at radius 3 is 2.74 bits per heavy atom. The molecule has 8 nitrogen and oxygen atoms in total. The Balaban J connectivity index is 1.37. The Kier molecular flexibility index (Phi) is 6.68. The quantitative estimate of drug-likeness (QED) is 0.588. The van der Waals surface area contributed by atoms with Gasteiger partial charge in [-0.15, -0.1) is 0 Å². The number of fused-ring (bicyclic) bond motifs is 1. The third-order valence-electron chi connectivity index (χ3n) is 6.61. The molecule has 184 valence electrons. The Morgan fingerprint density at radius 1 is 1.14 bits per heavy atom. The van der Waals surface area contributed by atoms with Gasteiger partial charge in [0.25, 0.3) is 5.91 Å². The molecule has 5 rings (SSSR count). The lowest BCUT2D eigenvalue weighted by molar-refractivity contribution is -0.150. The highest BCUT2D eigenvalue weighted by atomic mass is 19.1. The molecule has 0 spiro atoms. The lowest BCUT2D eigenvalue weighted by atomic mass is 9.97. The molecule has 0 bridgehead atoms. The van der Waals surface area contributed by atoms with Crippen molar-refractivity contribution in [3.8, 4) is 11.5 Å². The molecular weight excluding hydrogens is 453 g/mol. The summed E-state index contributed by atoms with van der Waals surface area (Å²) in [4.78, 5) is 27.7. The fraction of sp³-hybridized carbons (Fsp3) is 0.423. The molecule has 1 amide bonds. The van der Waals surface area contributed by atoms with E-state index in [1.807, 2.05) is 23.1 Å². The van der Waals surface area contributed by atoms with Crippen LogP contribution in [-0.2, 0) is 14.3 Å². The summed E-state index contributed by atoms with van der Waals surface area (Å²) in [6, 6.07) is 11.4. The molecule has 0 aliphatic carbocycles. The molecule has 1 fully saturated rings. The fourth-order valence-electron chi connectivity index (χ4n) is 4.85. The van der Waals surface area contributed by atoms with Crippen molar-refractivity contribution in [1.29, 1.82) is 0 Å². The molecule has 2 atom stereocenters. The van der Waals surface area contributed by atoms with Gasteiger partial charge in [0.1, 0.15) is 5.82 Å². The van der Waals surface area contributed by atoms with Gasteiger partial charge < -0.3 is 14.2 Å². The zero-order valence-electron chi connectivity index (χ0n) is 19.6. The highest BCUT2D eigenvalue weighted by molar-refractivity contribution is 6.03. The van der Waals surface area contributed by atoms with Crippen LogP contribution in [0.2, 0.25) is 0 Å². The summed E-state index contributed by atoms with van der Waals surface area (Å²) in [5.41, 5.74) is 2.36. The van der Waals surface area contributed by atoms with E-state index >= 15 is 0 Å². The number of esters is 1. The van der Waals surface area contributed by atoms with E-state index in [9.17, 15) is 14.0 Å². The SMILES string of the molecule is CCOC(=O)[C@@H]1CCCN(CC(=O)N2N=C(c3ccc(F)cc3)C[C@@H]2c2ccc3c(c2)OCO3)C1. The van der Waals surface area contributed by atoms with Crippen LogP contribution in [0.15, 0.2) is 47.6 Å². The molecule has 0 aromatic heterocycles. The van der Waals surface area contributed by atoms with Gasteiger partial charge in [-0.1, -0.05) is 18.2 Å². The van der Waals surface area contributed by atoms with E-state index in [2.05, 4.69) is 5.10 Å². The normalized spacial score (nSPS) is 21.7. The molecule has 0 saturated carbocycles. The van der Waals surface area contributed by atoms with Gasteiger partial charge in [-0.2, -0.15) is 5.10 Å². The number of piperidine rings is 1. The predicted octanol–water partition coefficient (Wildman–Crippen LogP) is 3.51. The summed E-state index contributed by atoms with van der Waals surface area (Å²) >= 11 is 0. The van der Waals surface area contributed by atoms with Gasteiger partial charge in [-0.05, 0) is 61.7 Å². The summed E-state index contributed by atoms with van der Waals surface area (Å²) in [6.07, 6.45) is 2.08. The average Bonchev–Trinajstić information content (AvgIpc) is 3.52. The second-order valence-electron chi connectivity index (χ2n) is 8.95. The first-order valence-corrected chi connectivity index (χ1v) is 12.0. The van der Waals surface area contributed by atoms with Crippen LogP contribution in [-0.4, -0.2) is 60.5 Å². The summed E-state index contributed by atoms with van der Waals surface area (Å²) in [5, 5.41) is 6.19. The third kappa shape index (κ3) is 5.00. The standard InChI is InChI=1S/C26H28FN3O5/c1-2-33-26(32)19-4-3-11-29(14-19)15-25(31)30-22(18-7-10-23-24(12-18)35-16-34-23)13-21(28-30)17-5-8-20(27)9-6-17/h5-10,12,19,22H,2-4,11,13-16H2,1H3/t19-,22-/m1/s1. The van der Waals surface area contributed by atoms with E-state index in [-0.39, 0.29) is 43.0 Å². The van der Waals surface area contributed by atoms with Crippen molar-refractivity contribution in [2.45, 2.75) is 32.2 Å². The number of halogens is 1. The fourth-order valence-corrected chi connectivity index (χ4v) is 4.85. The van der Waals surface area contributed by atoms with E-state index in [0.717, 1.165) is 30.5 Å². The van der Waals surface area contributed by atoms with E-state index in [1.165, 1.54) is 17.1 Å². The zero-order valence-corrected chi connectivity index (χ0v) is 19.6. The summed E-state index contributed by atoms with van der Waals surface area (Å²) in [5.74, 6) is 0.392. The van der Waals surface area contributed by atoms with Crippen molar-refractivity contribution < 1.29 is 28.2 Å². The molecule has 0 unspecified atom stereocenters. The van der Waals surface area contributed by atoms with Crippen molar-refractivity contribution in [2.24, 2.45) is 11.0 Å². The van der Waals surface area contributed by atoms with E-state index < -0.39 is 0 Å². The molecule has 1 saturated heterocycles. The van der Waals surface area contributed by atoms with Crippen LogP contribution in [0.3, 0.4) is 0 Å². The van der Waals surface area contributed by atoms with Crippen molar-refractivity contribution in [2.75, 3.05) is 33.0 Å². The smallest absolute Gasteiger partial charge is 0.310 e. The molecule has 3 heterocycles. The van der Waals surface area contributed by atoms with Crippen LogP contribution in [0.1, 0.15) is 43.4 Å². The number of rotatable bonds is 6. The number of carbonyl (C=O) groups is 2. The second kappa shape index (κ2) is 10.0. The zero-order chi connectivity index (χ0) is 24.4. The first kappa shape index (κ1) is 23.3. The monoisotopic (exact) mass is 481 g/mol. The number of amides is 1. The van der Waals surface area contributed by atoms with Crippen molar-refractivity contribution in [1.82, 2.24) is 9.91 Å². The molecule has 0 N–H and O–H groups in total. The summed E-state index contributed by atoms with van der Waals surface area (Å²) < 4.78 is 29.6. The van der Waals surface area contributed by atoms with Gasteiger partial charge in [-0.25, -0.2) is 9.40 Å². The number of hydrogen-bond donors (Lipinski definition) is 0. The first-order chi connectivity index (χ1) is 17.0. The Hall–Kier alpha value is -3.46.